The van der Waals surface area contributed by atoms with Crippen molar-refractivity contribution < 1.29 is 52.6 Å². The summed E-state index contributed by atoms with van der Waals surface area (Å²) in [4.78, 5) is 36.5. The maximum absolute atomic E-state index is 12.1. The molecule has 8 aromatic rings. The maximum atomic E-state index is 12.1. The SMILES string of the molecule is Cc1cc(C)[nH+]c(NS(=O)(=O)c2ccc(N)cc2)n1.Cc1cc(C)nc(NS(=O)(=O)c2ccc(N)cc2)n1.O.O.O=C(O)c1ccc(-c2ccccc2)cc1.O=C([O-])c1ccc(-c2ccccc2)cc1. The number of anilines is 4. The van der Waals surface area contributed by atoms with Gasteiger partial charge in [-0.2, -0.15) is 13.1 Å². The third-order valence-corrected chi connectivity index (χ3v) is 12.0. The van der Waals surface area contributed by atoms with Crippen LogP contribution < -0.4 is 31.0 Å². The molecule has 0 aliphatic heterocycles. The quantitative estimate of drug-likeness (QED) is 0.106. The summed E-state index contributed by atoms with van der Waals surface area (Å²) in [7, 11) is -7.36. The number of carbonyl (C=O) groups excluding carboxylic acids is 1. The van der Waals surface area contributed by atoms with Gasteiger partial charge in [0, 0.05) is 28.8 Å². The van der Waals surface area contributed by atoms with Crippen LogP contribution in [0.1, 0.15) is 43.5 Å². The molecule has 8 rings (SSSR count). The van der Waals surface area contributed by atoms with Gasteiger partial charge in [0.2, 0.25) is 5.95 Å². The third kappa shape index (κ3) is 16.9. The number of nitrogens with zero attached hydrogens (tertiary/aromatic N) is 3. The second kappa shape index (κ2) is 25.5. The minimum atomic E-state index is -3.69. The van der Waals surface area contributed by atoms with Crippen LogP contribution in [0.4, 0.5) is 23.3 Å². The summed E-state index contributed by atoms with van der Waals surface area (Å²) >= 11 is 0. The first-order chi connectivity index (χ1) is 32.3. The number of nitrogens with two attached hydrogens (primary N) is 2. The highest BCUT2D eigenvalue weighted by atomic mass is 32.2. The molecule has 2 heterocycles. The van der Waals surface area contributed by atoms with Crippen LogP contribution in [-0.2, 0) is 20.0 Å². The summed E-state index contributed by atoms with van der Waals surface area (Å²) in [6.45, 7) is 7.17. The van der Waals surface area contributed by atoms with Gasteiger partial charge in [0.1, 0.15) is 10.6 Å². The van der Waals surface area contributed by atoms with Crippen molar-refractivity contribution in [2.24, 2.45) is 0 Å². The lowest BCUT2D eigenvalue weighted by Crippen LogP contribution is -2.23. The molecule has 2 aromatic heterocycles. The minimum absolute atomic E-state index is 0. The molecule has 0 aliphatic rings. The zero-order chi connectivity index (χ0) is 49.4. The first kappa shape index (κ1) is 55.8. The predicted octanol–water partition coefficient (Wildman–Crippen LogP) is 5.49. The third-order valence-electron chi connectivity index (χ3n) is 9.32. The number of nitrogens with one attached hydrogen (secondary N) is 3. The summed E-state index contributed by atoms with van der Waals surface area (Å²) < 4.78 is 53.2. The van der Waals surface area contributed by atoms with Gasteiger partial charge in [-0.15, -0.1) is 0 Å². The van der Waals surface area contributed by atoms with E-state index in [1.165, 1.54) is 48.5 Å². The molecule has 6 aromatic carbocycles. The Morgan fingerprint density at radius 1 is 0.514 bits per heavy atom. The zero-order valence-electron chi connectivity index (χ0n) is 38.3. The average Bonchev–Trinajstić information content (AvgIpc) is 3.30. The summed E-state index contributed by atoms with van der Waals surface area (Å²) in [6.07, 6.45) is 0. The standard InChI is InChI=1S/2C13H10O2.2C12H14N4O2S.2H2O/c2*14-13(15)12-8-6-11(7-9-12)10-4-2-1-3-5-10;2*1-8-7-9(2)15-12(14-8)16-19(17,18)11-5-3-10(13)4-6-11;;/h2*1-9H,(H,14,15);2*3-7H,13H2,1-2H3,(H,14,15,16);2*1H2. The summed E-state index contributed by atoms with van der Waals surface area (Å²) in [5, 5.41) is 19.3. The fraction of sp³-hybridized carbons (Fsp3) is 0.0800. The molecule has 0 aliphatic carbocycles. The molecule has 0 spiro atoms. The molecule has 0 saturated carbocycles. The lowest BCUT2D eigenvalue weighted by atomic mass is 10.0. The number of rotatable bonds is 10. The highest BCUT2D eigenvalue weighted by molar-refractivity contribution is 7.93. The van der Waals surface area contributed by atoms with Gasteiger partial charge in [0.25, 0.3) is 10.0 Å². The molecular formula is C50H52N8O10S2. The number of aromatic nitrogens is 4. The van der Waals surface area contributed by atoms with E-state index in [2.05, 4.69) is 29.4 Å². The van der Waals surface area contributed by atoms with Gasteiger partial charge < -0.3 is 37.4 Å². The number of aryl methyl sites for hydroxylation is 4. The van der Waals surface area contributed by atoms with E-state index in [1.807, 2.05) is 85.8 Å². The van der Waals surface area contributed by atoms with Crippen molar-refractivity contribution in [2.45, 2.75) is 37.5 Å². The molecule has 18 nitrogen and oxygen atoms in total. The van der Waals surface area contributed by atoms with Crippen LogP contribution >= 0.6 is 0 Å². The Morgan fingerprint density at radius 2 is 0.886 bits per heavy atom. The monoisotopic (exact) mass is 988 g/mol. The van der Waals surface area contributed by atoms with Crippen molar-refractivity contribution in [3.8, 4) is 22.3 Å². The molecule has 20 heteroatoms. The Kier molecular flexibility index (Phi) is 20.3. The molecule has 0 amide bonds. The van der Waals surface area contributed by atoms with E-state index in [0.717, 1.165) is 33.6 Å². The van der Waals surface area contributed by atoms with E-state index < -0.39 is 32.0 Å². The van der Waals surface area contributed by atoms with Crippen LogP contribution in [0.25, 0.3) is 22.3 Å². The summed E-state index contributed by atoms with van der Waals surface area (Å²) in [5.41, 5.74) is 19.7. The fourth-order valence-corrected chi connectivity index (χ4v) is 8.02. The number of carbonyl (C=O) groups is 2. The van der Waals surface area contributed by atoms with Gasteiger partial charge in [-0.05, 0) is 122 Å². The zero-order valence-corrected chi connectivity index (χ0v) is 39.9. The van der Waals surface area contributed by atoms with Gasteiger partial charge in [0.15, 0.2) is 0 Å². The number of nitrogen functional groups attached to an aromatic ring is 2. The van der Waals surface area contributed by atoms with E-state index >= 15 is 0 Å². The topological polar surface area (TPSA) is 338 Å². The molecule has 364 valence electrons. The Balaban J connectivity index is 0.000000246. The highest BCUT2D eigenvalue weighted by Gasteiger charge is 2.21. The van der Waals surface area contributed by atoms with Crippen molar-refractivity contribution in [1.82, 2.24) is 15.0 Å². The van der Waals surface area contributed by atoms with E-state index in [-0.39, 0.29) is 38.2 Å². The van der Waals surface area contributed by atoms with Crippen molar-refractivity contribution in [1.29, 1.82) is 0 Å². The minimum Gasteiger partial charge on any atom is -0.545 e. The lowest BCUT2D eigenvalue weighted by Gasteiger charge is -2.08. The molecule has 0 fully saturated rings. The number of H-pyrrole nitrogens is 1. The number of hydrogen-bond donors (Lipinski definition) is 5. The Morgan fingerprint density at radius 3 is 1.27 bits per heavy atom. The molecule has 70 heavy (non-hydrogen) atoms. The van der Waals surface area contributed by atoms with Gasteiger partial charge in [-0.3, -0.25) is 0 Å². The smallest absolute Gasteiger partial charge is 0.404 e. The predicted molar refractivity (Wildman–Crippen MR) is 267 cm³/mol. The normalized spacial score (nSPS) is 10.3. The molecule has 0 saturated heterocycles. The van der Waals surface area contributed by atoms with Gasteiger partial charge in [-0.25, -0.2) is 32.9 Å². The number of carboxylic acids is 2. The van der Waals surface area contributed by atoms with E-state index in [4.69, 9.17) is 16.6 Å². The molecule has 12 N–H and O–H groups in total. The van der Waals surface area contributed by atoms with Crippen molar-refractivity contribution in [3.05, 3.63) is 204 Å². The van der Waals surface area contributed by atoms with Crippen LogP contribution in [0, 0.1) is 27.7 Å². The average molecular weight is 989 g/mol. The second-order valence-corrected chi connectivity index (χ2v) is 18.2. The van der Waals surface area contributed by atoms with Crippen LogP contribution in [-0.4, -0.2) is 59.8 Å². The number of carboxylic acid groups (broad SMARTS) is 2. The number of benzene rings is 6. The van der Waals surface area contributed by atoms with Crippen LogP contribution in [0.15, 0.2) is 180 Å². The van der Waals surface area contributed by atoms with Crippen LogP contribution in [0.5, 0.6) is 0 Å². The summed E-state index contributed by atoms with van der Waals surface area (Å²) in [5.74, 6) is -1.78. The summed E-state index contributed by atoms with van der Waals surface area (Å²) in [6, 6.07) is 48.6. The number of hydrogen-bond acceptors (Lipinski definition) is 12. The number of aromatic carboxylic acids is 2. The van der Waals surface area contributed by atoms with Crippen molar-refractivity contribution in [3.63, 3.8) is 0 Å². The van der Waals surface area contributed by atoms with Crippen molar-refractivity contribution in [2.75, 3.05) is 20.9 Å². The molecule has 0 bridgehead atoms. The molecular weight excluding hydrogens is 937 g/mol. The van der Waals surface area contributed by atoms with Gasteiger partial charge in [-0.1, -0.05) is 102 Å². The van der Waals surface area contributed by atoms with E-state index in [1.54, 1.807) is 63.2 Å². The molecule has 0 unspecified atom stereocenters. The van der Waals surface area contributed by atoms with E-state index in [9.17, 15) is 31.5 Å². The van der Waals surface area contributed by atoms with Gasteiger partial charge in [0.05, 0.1) is 22.1 Å². The highest BCUT2D eigenvalue weighted by Crippen LogP contribution is 2.21. The van der Waals surface area contributed by atoms with E-state index in [0.29, 0.717) is 28.3 Å². The Bertz CT molecular complexity index is 2930. The number of aromatic amines is 1. The molecule has 0 atom stereocenters. The fourth-order valence-electron chi connectivity index (χ4n) is 6.12. The van der Waals surface area contributed by atoms with Gasteiger partial charge >= 0.3 is 21.9 Å². The van der Waals surface area contributed by atoms with Crippen molar-refractivity contribution >= 4 is 55.3 Å². The second-order valence-electron chi connectivity index (χ2n) is 14.9. The first-order valence-corrected chi connectivity index (χ1v) is 23.5. The van der Waals surface area contributed by atoms with Crippen LogP contribution in [0.2, 0.25) is 0 Å². The Hall–Kier alpha value is -8.56. The molecule has 0 radical (unpaired) electrons. The Labute approximate surface area is 405 Å². The van der Waals surface area contributed by atoms with Crippen LogP contribution in [0.3, 0.4) is 0 Å². The maximum Gasteiger partial charge on any atom is 0.404 e. The number of sulfonamides is 2. The lowest BCUT2D eigenvalue weighted by molar-refractivity contribution is -0.374. The largest absolute Gasteiger partial charge is 0.545 e. The first-order valence-electron chi connectivity index (χ1n) is 20.5.